The quantitative estimate of drug-likeness (QED) is 0.431. The number of nitrogen functional groups attached to an aromatic ring is 1. The van der Waals surface area contributed by atoms with Crippen molar-refractivity contribution in [2.24, 2.45) is 5.41 Å². The van der Waals surface area contributed by atoms with Crippen molar-refractivity contribution in [3.63, 3.8) is 0 Å². The van der Waals surface area contributed by atoms with Gasteiger partial charge >= 0.3 is 5.69 Å². The van der Waals surface area contributed by atoms with Crippen molar-refractivity contribution in [1.29, 1.82) is 0 Å². The minimum atomic E-state index is -0.446. The Bertz CT molecular complexity index is 460. The molecule has 1 heterocycles. The molecule has 112 valence electrons. The van der Waals surface area contributed by atoms with Gasteiger partial charge in [0.15, 0.2) is 0 Å². The fourth-order valence-electron chi connectivity index (χ4n) is 2.01. The van der Waals surface area contributed by atoms with Crippen LogP contribution in [0.3, 0.4) is 0 Å². The molecule has 20 heavy (non-hydrogen) atoms. The van der Waals surface area contributed by atoms with Crippen LogP contribution >= 0.6 is 0 Å². The third kappa shape index (κ3) is 5.03. The summed E-state index contributed by atoms with van der Waals surface area (Å²) in [4.78, 5) is 14.5. The van der Waals surface area contributed by atoms with Crippen molar-refractivity contribution in [1.82, 2.24) is 4.98 Å². The number of unbranched alkanes of at least 4 members (excludes halogenated alkanes) is 2. The van der Waals surface area contributed by atoms with E-state index in [-0.39, 0.29) is 22.7 Å². The molecule has 6 heteroatoms. The number of pyridine rings is 1. The van der Waals surface area contributed by atoms with E-state index in [2.05, 4.69) is 31.1 Å². The van der Waals surface area contributed by atoms with Crippen molar-refractivity contribution >= 4 is 17.3 Å². The van der Waals surface area contributed by atoms with Crippen LogP contribution in [0.2, 0.25) is 0 Å². The van der Waals surface area contributed by atoms with Gasteiger partial charge in [-0.05, 0) is 17.9 Å². The van der Waals surface area contributed by atoms with Gasteiger partial charge in [0, 0.05) is 12.6 Å². The molecule has 3 N–H and O–H groups in total. The molecule has 0 amide bonds. The van der Waals surface area contributed by atoms with E-state index in [0.29, 0.717) is 6.54 Å². The third-order valence-corrected chi connectivity index (χ3v) is 3.28. The Morgan fingerprint density at radius 1 is 1.40 bits per heavy atom. The summed E-state index contributed by atoms with van der Waals surface area (Å²) in [6.45, 7) is 7.10. The minimum absolute atomic E-state index is 0.0384. The number of aromatic nitrogens is 1. The van der Waals surface area contributed by atoms with Crippen molar-refractivity contribution < 1.29 is 4.92 Å². The predicted molar refractivity (Wildman–Crippen MR) is 81.7 cm³/mol. The van der Waals surface area contributed by atoms with E-state index in [9.17, 15) is 10.1 Å². The molecule has 0 aromatic carbocycles. The highest BCUT2D eigenvalue weighted by Gasteiger charge is 2.21. The Hall–Kier alpha value is -1.85. The maximum absolute atomic E-state index is 11.0. The fourth-order valence-corrected chi connectivity index (χ4v) is 2.01. The van der Waals surface area contributed by atoms with E-state index in [4.69, 9.17) is 5.73 Å². The molecule has 1 rings (SSSR count). The number of rotatable bonds is 8. The molecular weight excluding hydrogens is 256 g/mol. The Morgan fingerprint density at radius 3 is 2.70 bits per heavy atom. The number of hydrogen-bond donors (Lipinski definition) is 2. The van der Waals surface area contributed by atoms with E-state index < -0.39 is 4.92 Å². The van der Waals surface area contributed by atoms with Gasteiger partial charge in [-0.3, -0.25) is 10.1 Å². The monoisotopic (exact) mass is 280 g/mol. The van der Waals surface area contributed by atoms with Crippen LogP contribution < -0.4 is 11.1 Å². The lowest BCUT2D eigenvalue weighted by Gasteiger charge is -2.25. The van der Waals surface area contributed by atoms with Gasteiger partial charge in [-0.2, -0.15) is 0 Å². The smallest absolute Gasteiger partial charge is 0.311 e. The summed E-state index contributed by atoms with van der Waals surface area (Å²) in [5.74, 6) is 0.528. The molecular formula is C14H24N4O2. The molecule has 0 atom stereocenters. The molecule has 0 radical (unpaired) electrons. The second-order valence-corrected chi connectivity index (χ2v) is 5.84. The highest BCUT2D eigenvalue weighted by molar-refractivity contribution is 5.59. The number of anilines is 2. The summed E-state index contributed by atoms with van der Waals surface area (Å²) < 4.78 is 0. The Kier molecular flexibility index (Phi) is 5.73. The average Bonchev–Trinajstić information content (AvgIpc) is 2.36. The zero-order chi connectivity index (χ0) is 15.2. The minimum Gasteiger partial charge on any atom is -0.384 e. The van der Waals surface area contributed by atoms with Crippen LogP contribution in [-0.2, 0) is 0 Å². The third-order valence-electron chi connectivity index (χ3n) is 3.28. The van der Waals surface area contributed by atoms with Gasteiger partial charge in [-0.25, -0.2) is 4.98 Å². The number of nitro groups is 1. The normalized spacial score (nSPS) is 11.3. The lowest BCUT2D eigenvalue weighted by Crippen LogP contribution is -2.24. The maximum Gasteiger partial charge on any atom is 0.311 e. The molecule has 0 fully saturated rings. The summed E-state index contributed by atoms with van der Waals surface area (Å²) in [5, 5.41) is 14.0. The lowest BCUT2D eigenvalue weighted by atomic mass is 9.87. The molecule has 0 aliphatic carbocycles. The molecule has 1 aromatic heterocycles. The number of nitrogens with one attached hydrogen (secondary N) is 1. The van der Waals surface area contributed by atoms with E-state index in [1.54, 1.807) is 0 Å². The van der Waals surface area contributed by atoms with Crippen LogP contribution in [0.5, 0.6) is 0 Å². The first kappa shape index (κ1) is 16.2. The fraction of sp³-hybridized carbons (Fsp3) is 0.643. The summed E-state index contributed by atoms with van der Waals surface area (Å²) in [6, 6.07) is 2.82. The summed E-state index contributed by atoms with van der Waals surface area (Å²) in [6.07, 6.45) is 4.63. The Balaban J connectivity index is 2.68. The second-order valence-electron chi connectivity index (χ2n) is 5.84. The molecule has 0 aliphatic rings. The number of hydrogen-bond acceptors (Lipinski definition) is 5. The highest BCUT2D eigenvalue weighted by atomic mass is 16.6. The molecule has 6 nitrogen and oxygen atoms in total. The van der Waals surface area contributed by atoms with Crippen LogP contribution in [0.4, 0.5) is 17.3 Å². The zero-order valence-corrected chi connectivity index (χ0v) is 12.5. The van der Waals surface area contributed by atoms with E-state index >= 15 is 0 Å². The molecule has 0 aliphatic heterocycles. The number of nitrogens with two attached hydrogens (primary N) is 1. The first-order chi connectivity index (χ1) is 9.35. The van der Waals surface area contributed by atoms with Crippen molar-refractivity contribution in [3.05, 3.63) is 22.2 Å². The molecule has 0 spiro atoms. The molecule has 0 saturated heterocycles. The largest absolute Gasteiger partial charge is 0.384 e. The van der Waals surface area contributed by atoms with Crippen LogP contribution in [0, 0.1) is 15.5 Å². The lowest BCUT2D eigenvalue weighted by molar-refractivity contribution is -0.384. The molecule has 0 bridgehead atoms. The first-order valence-electron chi connectivity index (χ1n) is 7.00. The standard InChI is InChI=1S/C14H24N4O2/c1-4-5-6-9-14(2,3)10-16-13-11(18(19)20)7-8-12(15)17-13/h7-8H,4-6,9-10H2,1-3H3,(H3,15,16,17). The van der Waals surface area contributed by atoms with Gasteiger partial charge < -0.3 is 11.1 Å². The van der Waals surface area contributed by atoms with Gasteiger partial charge in [-0.15, -0.1) is 0 Å². The van der Waals surface area contributed by atoms with E-state index in [0.717, 1.165) is 12.8 Å². The SMILES string of the molecule is CCCCCC(C)(C)CNc1nc(N)ccc1[N+](=O)[O-]. The van der Waals surface area contributed by atoms with Gasteiger partial charge in [-0.1, -0.05) is 40.0 Å². The van der Waals surface area contributed by atoms with Crippen LogP contribution in [-0.4, -0.2) is 16.5 Å². The Labute approximate surface area is 119 Å². The highest BCUT2D eigenvalue weighted by Crippen LogP contribution is 2.27. The second kappa shape index (κ2) is 7.07. The van der Waals surface area contributed by atoms with Crippen LogP contribution in [0.15, 0.2) is 12.1 Å². The van der Waals surface area contributed by atoms with Gasteiger partial charge in [0.25, 0.3) is 0 Å². The molecule has 0 unspecified atom stereocenters. The average molecular weight is 280 g/mol. The maximum atomic E-state index is 11.0. The zero-order valence-electron chi connectivity index (χ0n) is 12.5. The summed E-state index contributed by atoms with van der Waals surface area (Å²) in [5.41, 5.74) is 5.62. The molecule has 1 aromatic rings. The topological polar surface area (TPSA) is 94.1 Å². The van der Waals surface area contributed by atoms with Crippen molar-refractivity contribution in [3.8, 4) is 0 Å². The predicted octanol–water partition coefficient (Wildman–Crippen LogP) is 3.59. The van der Waals surface area contributed by atoms with Crippen molar-refractivity contribution in [2.45, 2.75) is 46.5 Å². The van der Waals surface area contributed by atoms with E-state index in [1.165, 1.54) is 25.0 Å². The van der Waals surface area contributed by atoms with Gasteiger partial charge in [0.05, 0.1) is 4.92 Å². The van der Waals surface area contributed by atoms with Crippen LogP contribution in [0.1, 0.15) is 46.5 Å². The van der Waals surface area contributed by atoms with E-state index in [1.807, 2.05) is 0 Å². The van der Waals surface area contributed by atoms with Crippen LogP contribution in [0.25, 0.3) is 0 Å². The van der Waals surface area contributed by atoms with Gasteiger partial charge in [0.2, 0.25) is 5.82 Å². The number of nitrogens with zero attached hydrogens (tertiary/aromatic N) is 2. The first-order valence-corrected chi connectivity index (χ1v) is 7.00. The van der Waals surface area contributed by atoms with Gasteiger partial charge in [0.1, 0.15) is 5.82 Å². The summed E-state index contributed by atoms with van der Waals surface area (Å²) >= 11 is 0. The van der Waals surface area contributed by atoms with Crippen molar-refractivity contribution in [2.75, 3.05) is 17.6 Å². The molecule has 0 saturated carbocycles. The Morgan fingerprint density at radius 2 is 2.10 bits per heavy atom. The summed E-state index contributed by atoms with van der Waals surface area (Å²) in [7, 11) is 0.